The molecule has 0 fully saturated rings. The van der Waals surface area contributed by atoms with Crippen LogP contribution in [0.2, 0.25) is 0 Å². The van der Waals surface area contributed by atoms with E-state index in [1.54, 1.807) is 0 Å². The lowest BCUT2D eigenvalue weighted by Crippen LogP contribution is -2.23. The van der Waals surface area contributed by atoms with E-state index < -0.39 is 0 Å². The molecule has 0 aromatic rings. The van der Waals surface area contributed by atoms with Gasteiger partial charge in [-0.2, -0.15) is 0 Å². The number of allylic oxidation sites excluding steroid dienone is 2. The van der Waals surface area contributed by atoms with E-state index in [0.717, 1.165) is 51.4 Å². The first kappa shape index (κ1) is 50.7. The smallest absolute Gasteiger partial charge is 0.309 e. The molecule has 0 bridgehead atoms. The van der Waals surface area contributed by atoms with Crippen molar-refractivity contribution in [1.82, 2.24) is 0 Å². The minimum atomic E-state index is -0.371. The first-order chi connectivity index (χ1) is 25.7. The molecule has 0 spiro atoms. The van der Waals surface area contributed by atoms with Crippen molar-refractivity contribution in [2.75, 3.05) is 13.2 Å². The van der Waals surface area contributed by atoms with Crippen LogP contribution in [0.1, 0.15) is 265 Å². The number of carbonyl (C=O) groups excluding carboxylic acids is 2. The van der Waals surface area contributed by atoms with Crippen LogP contribution < -0.4 is 0 Å². The molecule has 0 aromatic carbocycles. The summed E-state index contributed by atoms with van der Waals surface area (Å²) in [5, 5.41) is 0. The molecule has 0 saturated heterocycles. The molecule has 0 N–H and O–H groups in total. The van der Waals surface area contributed by atoms with Gasteiger partial charge in [-0.1, -0.05) is 226 Å². The van der Waals surface area contributed by atoms with Gasteiger partial charge in [0.1, 0.15) is 0 Å². The summed E-state index contributed by atoms with van der Waals surface area (Å²) < 4.78 is 11.3. The number of rotatable bonds is 43. The van der Waals surface area contributed by atoms with Crippen molar-refractivity contribution in [3.05, 3.63) is 12.2 Å². The molecule has 0 radical (unpaired) electrons. The number of ether oxygens (including phenoxy) is 2. The van der Waals surface area contributed by atoms with Gasteiger partial charge in [0.25, 0.3) is 0 Å². The number of carbonyl (C=O) groups is 2. The molecular weight excluding hydrogens is 641 g/mol. The lowest BCUT2D eigenvalue weighted by Gasteiger charge is -2.16. The third-order valence-electron chi connectivity index (χ3n) is 10.8. The molecular formula is C48H92O4. The predicted molar refractivity (Wildman–Crippen MR) is 227 cm³/mol. The highest BCUT2D eigenvalue weighted by molar-refractivity contribution is 5.79. The summed E-state index contributed by atoms with van der Waals surface area (Å²) in [4.78, 5) is 25.8. The highest BCUT2D eigenvalue weighted by atomic mass is 16.5. The molecule has 0 saturated carbocycles. The van der Waals surface area contributed by atoms with Crippen LogP contribution >= 0.6 is 0 Å². The van der Waals surface area contributed by atoms with Gasteiger partial charge in [-0.3, -0.25) is 9.59 Å². The van der Waals surface area contributed by atoms with Gasteiger partial charge in [0.2, 0.25) is 0 Å². The summed E-state index contributed by atoms with van der Waals surface area (Å²) in [6, 6.07) is 0. The monoisotopic (exact) mass is 733 g/mol. The minimum Gasteiger partial charge on any atom is -0.466 e. The molecule has 52 heavy (non-hydrogen) atoms. The summed E-state index contributed by atoms with van der Waals surface area (Å²) in [7, 11) is 0. The summed E-state index contributed by atoms with van der Waals surface area (Å²) >= 11 is 0. The Morgan fingerprint density at radius 3 is 1.08 bits per heavy atom. The van der Waals surface area contributed by atoms with E-state index in [4.69, 9.17) is 9.47 Å². The number of hydrogen-bond acceptors (Lipinski definition) is 4. The highest BCUT2D eigenvalue weighted by Gasteiger charge is 2.24. The van der Waals surface area contributed by atoms with Gasteiger partial charge in [-0.25, -0.2) is 0 Å². The van der Waals surface area contributed by atoms with Crippen molar-refractivity contribution >= 4 is 11.9 Å². The molecule has 0 aliphatic rings. The van der Waals surface area contributed by atoms with Crippen LogP contribution in [-0.4, -0.2) is 25.2 Å². The van der Waals surface area contributed by atoms with Crippen molar-refractivity contribution < 1.29 is 19.1 Å². The second-order valence-corrected chi connectivity index (χ2v) is 16.1. The van der Waals surface area contributed by atoms with Gasteiger partial charge in [-0.05, 0) is 44.9 Å². The van der Waals surface area contributed by atoms with Crippen molar-refractivity contribution in [2.24, 2.45) is 5.92 Å². The second-order valence-electron chi connectivity index (χ2n) is 16.1. The predicted octanol–water partition coefficient (Wildman–Crippen LogP) is 16.1. The zero-order valence-corrected chi connectivity index (χ0v) is 35.6. The van der Waals surface area contributed by atoms with E-state index in [2.05, 4.69) is 32.9 Å². The quantitative estimate of drug-likeness (QED) is 0.0356. The van der Waals surface area contributed by atoms with E-state index >= 15 is 0 Å². The molecule has 1 unspecified atom stereocenters. The third kappa shape index (κ3) is 39.9. The van der Waals surface area contributed by atoms with Crippen LogP contribution in [0.3, 0.4) is 0 Å². The Morgan fingerprint density at radius 2 is 0.692 bits per heavy atom. The van der Waals surface area contributed by atoms with E-state index in [-0.39, 0.29) is 24.3 Å². The Morgan fingerprint density at radius 1 is 0.385 bits per heavy atom. The van der Waals surface area contributed by atoms with Crippen LogP contribution in [0.5, 0.6) is 0 Å². The van der Waals surface area contributed by atoms with Gasteiger partial charge >= 0.3 is 11.9 Å². The van der Waals surface area contributed by atoms with Gasteiger partial charge in [-0.15, -0.1) is 0 Å². The lowest BCUT2D eigenvalue weighted by molar-refractivity contribution is -0.155. The van der Waals surface area contributed by atoms with Crippen molar-refractivity contribution in [1.29, 1.82) is 0 Å². The van der Waals surface area contributed by atoms with Gasteiger partial charge in [0, 0.05) is 0 Å². The molecule has 308 valence electrons. The normalized spacial score (nSPS) is 12.1. The third-order valence-corrected chi connectivity index (χ3v) is 10.8. The molecule has 1 atom stereocenters. The second kappa shape index (κ2) is 44.1. The number of unbranched alkanes of at least 4 members (excludes halogenated alkanes) is 32. The van der Waals surface area contributed by atoms with Crippen LogP contribution in [0, 0.1) is 5.92 Å². The molecule has 0 aromatic heterocycles. The number of esters is 2. The first-order valence-electron chi connectivity index (χ1n) is 23.6. The van der Waals surface area contributed by atoms with Crippen molar-refractivity contribution in [2.45, 2.75) is 265 Å². The zero-order chi connectivity index (χ0) is 37.8. The SMILES string of the molecule is CCCCCCCCCCCC/C=C/CCCCCCC(CC(=O)OCCCCCCCCCCCC)C(=O)OCCCCCCCCCCCC. The van der Waals surface area contributed by atoms with Crippen molar-refractivity contribution in [3.63, 3.8) is 0 Å². The zero-order valence-electron chi connectivity index (χ0n) is 35.6. The van der Waals surface area contributed by atoms with Gasteiger partial charge in [0.05, 0.1) is 25.6 Å². The maximum atomic E-state index is 13.1. The molecule has 0 rings (SSSR count). The summed E-state index contributed by atoms with van der Waals surface area (Å²) in [5.41, 5.74) is 0. The topological polar surface area (TPSA) is 52.6 Å². The van der Waals surface area contributed by atoms with Crippen LogP contribution in [0.25, 0.3) is 0 Å². The minimum absolute atomic E-state index is 0.163. The Balaban J connectivity index is 4.22. The fraction of sp³-hybridized carbons (Fsp3) is 0.917. The molecule has 4 nitrogen and oxygen atoms in total. The molecule has 0 aliphatic carbocycles. The van der Waals surface area contributed by atoms with Crippen LogP contribution in [0.15, 0.2) is 12.2 Å². The Kier molecular flexibility index (Phi) is 43.0. The first-order valence-corrected chi connectivity index (χ1v) is 23.6. The van der Waals surface area contributed by atoms with E-state index in [9.17, 15) is 9.59 Å². The average Bonchev–Trinajstić information content (AvgIpc) is 3.14. The summed E-state index contributed by atoms with van der Waals surface area (Å²) in [6.07, 6.45) is 51.6. The molecule has 0 amide bonds. The Hall–Kier alpha value is -1.32. The van der Waals surface area contributed by atoms with Crippen LogP contribution in [0.4, 0.5) is 0 Å². The largest absolute Gasteiger partial charge is 0.466 e. The fourth-order valence-electron chi connectivity index (χ4n) is 7.21. The fourth-order valence-corrected chi connectivity index (χ4v) is 7.21. The van der Waals surface area contributed by atoms with Crippen molar-refractivity contribution in [3.8, 4) is 0 Å². The van der Waals surface area contributed by atoms with Gasteiger partial charge in [0.15, 0.2) is 0 Å². The number of hydrogen-bond donors (Lipinski definition) is 0. The average molecular weight is 733 g/mol. The molecule has 4 heteroatoms. The maximum Gasteiger partial charge on any atom is 0.309 e. The summed E-state index contributed by atoms with van der Waals surface area (Å²) in [6.45, 7) is 7.77. The molecule has 0 heterocycles. The highest BCUT2D eigenvalue weighted by Crippen LogP contribution is 2.19. The van der Waals surface area contributed by atoms with Crippen LogP contribution in [-0.2, 0) is 19.1 Å². The molecule has 0 aliphatic heterocycles. The summed E-state index contributed by atoms with van der Waals surface area (Å²) in [5.74, 6) is -0.796. The van der Waals surface area contributed by atoms with E-state index in [0.29, 0.717) is 13.2 Å². The Labute approximate surface area is 326 Å². The van der Waals surface area contributed by atoms with Gasteiger partial charge < -0.3 is 9.47 Å². The maximum absolute atomic E-state index is 13.1. The van der Waals surface area contributed by atoms with E-state index in [1.165, 1.54) is 186 Å². The Bertz CT molecular complexity index is 747. The lowest BCUT2D eigenvalue weighted by atomic mass is 9.97. The standard InChI is InChI=1S/C48H92O4/c1-4-7-10-13-16-19-22-23-24-25-26-27-28-29-30-33-36-39-42-46(48(50)52-44-41-38-35-32-21-18-15-12-9-6-3)45-47(49)51-43-40-37-34-31-20-17-14-11-8-5-2/h27-28,46H,4-26,29-45H2,1-3H3/b28-27+. The van der Waals surface area contributed by atoms with E-state index in [1.807, 2.05) is 0 Å².